The van der Waals surface area contributed by atoms with Crippen LogP contribution in [0.2, 0.25) is 0 Å². The molecule has 2 aromatic carbocycles. The van der Waals surface area contributed by atoms with Gasteiger partial charge in [-0.25, -0.2) is 4.39 Å². The fourth-order valence-corrected chi connectivity index (χ4v) is 3.19. The van der Waals surface area contributed by atoms with Crippen LogP contribution in [0.1, 0.15) is 37.8 Å². The molecule has 150 valence electrons. The predicted molar refractivity (Wildman–Crippen MR) is 108 cm³/mol. The Bertz CT molecular complexity index is 1000. The van der Waals surface area contributed by atoms with Crippen molar-refractivity contribution in [1.82, 2.24) is 10.6 Å². The normalized spacial score (nSPS) is 15.7. The van der Waals surface area contributed by atoms with E-state index in [0.29, 0.717) is 17.0 Å². The van der Waals surface area contributed by atoms with Gasteiger partial charge in [0.25, 0.3) is 11.8 Å². The molecule has 1 aliphatic heterocycles. The number of carbonyl (C=O) groups excluding carboxylic acids is 2. The Kier molecular flexibility index (Phi) is 5.92. The van der Waals surface area contributed by atoms with Crippen molar-refractivity contribution < 1.29 is 18.7 Å². The highest BCUT2D eigenvalue weighted by Crippen LogP contribution is 2.41. The molecule has 29 heavy (non-hydrogen) atoms. The first-order valence-corrected chi connectivity index (χ1v) is 8.92. The van der Waals surface area contributed by atoms with Crippen LogP contribution in [0.25, 0.3) is 0 Å². The third-order valence-electron chi connectivity index (χ3n) is 4.60. The van der Waals surface area contributed by atoms with Crippen LogP contribution in [0.5, 0.6) is 5.75 Å². The number of rotatable bonds is 5. The van der Waals surface area contributed by atoms with E-state index in [-0.39, 0.29) is 35.4 Å². The third kappa shape index (κ3) is 4.11. The van der Waals surface area contributed by atoms with E-state index in [9.17, 15) is 14.0 Å². The maximum atomic E-state index is 13.3. The van der Waals surface area contributed by atoms with Gasteiger partial charge in [-0.3, -0.25) is 14.6 Å². The van der Waals surface area contributed by atoms with Crippen LogP contribution >= 0.6 is 0 Å². The Balaban J connectivity index is 2.05. The standard InChI is InChI=1S/C21H21FN4O3/c1-24-10-15(9-23)26-20(27)13-7-16-18(12-3-5-14(22)6-4-12)11-29-19(16)17(8-13)21(28)25-2/h3-10,18H,11,23H2,1-2H3,(H,25,28)(H,26,27). The Labute approximate surface area is 167 Å². The second-order valence-corrected chi connectivity index (χ2v) is 6.40. The fourth-order valence-electron chi connectivity index (χ4n) is 3.19. The van der Waals surface area contributed by atoms with Gasteiger partial charge in [0.15, 0.2) is 0 Å². The highest BCUT2D eigenvalue weighted by Gasteiger charge is 2.31. The number of nitrogens with zero attached hydrogens (tertiary/aromatic N) is 1. The molecule has 0 fully saturated rings. The van der Waals surface area contributed by atoms with Gasteiger partial charge in [0.05, 0.1) is 17.9 Å². The molecule has 4 N–H and O–H groups in total. The molecule has 1 heterocycles. The van der Waals surface area contributed by atoms with Crippen LogP contribution in [-0.4, -0.2) is 38.7 Å². The molecule has 0 aliphatic carbocycles. The van der Waals surface area contributed by atoms with Crippen LogP contribution in [-0.2, 0) is 0 Å². The summed E-state index contributed by atoms with van der Waals surface area (Å²) in [5.41, 5.74) is 7.86. The molecule has 0 saturated carbocycles. The molecule has 3 rings (SSSR count). The zero-order valence-electron chi connectivity index (χ0n) is 16.0. The summed E-state index contributed by atoms with van der Waals surface area (Å²) < 4.78 is 19.1. The monoisotopic (exact) mass is 396 g/mol. The maximum absolute atomic E-state index is 13.3. The Morgan fingerprint density at radius 2 is 1.97 bits per heavy atom. The molecule has 8 heteroatoms. The first kappa shape index (κ1) is 20.1. The summed E-state index contributed by atoms with van der Waals surface area (Å²) in [5.74, 6) is -0.978. The Morgan fingerprint density at radius 1 is 1.24 bits per heavy atom. The van der Waals surface area contributed by atoms with E-state index in [4.69, 9.17) is 10.5 Å². The van der Waals surface area contributed by atoms with Crippen LogP contribution in [0.3, 0.4) is 0 Å². The lowest BCUT2D eigenvalue weighted by atomic mass is 9.90. The summed E-state index contributed by atoms with van der Waals surface area (Å²) in [6.07, 6.45) is 2.64. The number of amides is 2. The first-order valence-electron chi connectivity index (χ1n) is 8.92. The number of aliphatic imine (C=N–C) groups is 1. The first-order chi connectivity index (χ1) is 14.0. The number of halogens is 1. The summed E-state index contributed by atoms with van der Waals surface area (Å²) in [6.45, 7) is 0.284. The summed E-state index contributed by atoms with van der Waals surface area (Å²) in [4.78, 5) is 29.0. The second-order valence-electron chi connectivity index (χ2n) is 6.40. The molecular weight excluding hydrogens is 375 g/mol. The number of benzene rings is 2. The fraction of sp³-hybridized carbons (Fsp3) is 0.190. The number of fused-ring (bicyclic) bond motifs is 1. The van der Waals surface area contributed by atoms with Crippen molar-refractivity contribution in [2.24, 2.45) is 10.7 Å². The lowest BCUT2D eigenvalue weighted by Crippen LogP contribution is -2.25. The van der Waals surface area contributed by atoms with E-state index >= 15 is 0 Å². The highest BCUT2D eigenvalue weighted by atomic mass is 19.1. The van der Waals surface area contributed by atoms with E-state index < -0.39 is 5.91 Å². The number of hydrogen-bond acceptors (Lipinski definition) is 5. The molecule has 0 saturated heterocycles. The topological polar surface area (TPSA) is 106 Å². The van der Waals surface area contributed by atoms with Crippen LogP contribution in [0.4, 0.5) is 4.39 Å². The molecule has 0 spiro atoms. The lowest BCUT2D eigenvalue weighted by Gasteiger charge is -2.13. The quantitative estimate of drug-likeness (QED) is 0.672. The summed E-state index contributed by atoms with van der Waals surface area (Å²) in [5, 5.41) is 5.21. The molecular formula is C21H21FN4O3. The molecule has 0 bridgehead atoms. The van der Waals surface area contributed by atoms with Gasteiger partial charge in [-0.15, -0.1) is 0 Å². The van der Waals surface area contributed by atoms with E-state index in [1.165, 1.54) is 37.7 Å². The molecule has 0 radical (unpaired) electrons. The number of allylic oxidation sites excluding steroid dienone is 1. The minimum absolute atomic E-state index is 0.233. The maximum Gasteiger partial charge on any atom is 0.255 e. The van der Waals surface area contributed by atoms with Crippen molar-refractivity contribution in [3.8, 4) is 5.75 Å². The summed E-state index contributed by atoms with van der Waals surface area (Å²) in [7, 11) is 3.06. The molecule has 7 nitrogen and oxygen atoms in total. The van der Waals surface area contributed by atoms with Crippen molar-refractivity contribution in [3.05, 3.63) is 76.4 Å². The Hall–Kier alpha value is -3.68. The van der Waals surface area contributed by atoms with Crippen LogP contribution in [0, 0.1) is 5.82 Å². The molecule has 2 aromatic rings. The third-order valence-corrected chi connectivity index (χ3v) is 4.60. The van der Waals surface area contributed by atoms with E-state index in [2.05, 4.69) is 15.6 Å². The Morgan fingerprint density at radius 3 is 2.59 bits per heavy atom. The van der Waals surface area contributed by atoms with Gasteiger partial charge in [0.1, 0.15) is 11.6 Å². The van der Waals surface area contributed by atoms with E-state index in [1.807, 2.05) is 0 Å². The van der Waals surface area contributed by atoms with Gasteiger partial charge in [0.2, 0.25) is 0 Å². The number of carbonyl (C=O) groups is 2. The van der Waals surface area contributed by atoms with Crippen molar-refractivity contribution in [1.29, 1.82) is 0 Å². The SMILES string of the molecule is CN=CC(=CN)NC(=O)c1cc(C(=O)NC)c2c(c1)C(c1ccc(F)cc1)CO2. The van der Waals surface area contributed by atoms with Crippen molar-refractivity contribution >= 4 is 18.0 Å². The predicted octanol–water partition coefficient (Wildman–Crippen LogP) is 1.94. The van der Waals surface area contributed by atoms with E-state index in [0.717, 1.165) is 5.56 Å². The number of hydrogen-bond donors (Lipinski definition) is 3. The minimum atomic E-state index is -0.445. The molecule has 0 aromatic heterocycles. The second kappa shape index (κ2) is 8.55. The average Bonchev–Trinajstić information content (AvgIpc) is 3.16. The zero-order valence-corrected chi connectivity index (χ0v) is 16.0. The van der Waals surface area contributed by atoms with Crippen molar-refractivity contribution in [3.63, 3.8) is 0 Å². The van der Waals surface area contributed by atoms with Gasteiger partial charge in [-0.2, -0.15) is 0 Å². The van der Waals surface area contributed by atoms with Gasteiger partial charge in [0, 0.05) is 43.6 Å². The number of nitrogens with two attached hydrogens (primary N) is 1. The summed E-state index contributed by atoms with van der Waals surface area (Å²) >= 11 is 0. The number of ether oxygens (including phenoxy) is 1. The van der Waals surface area contributed by atoms with Crippen molar-refractivity contribution in [2.45, 2.75) is 5.92 Å². The smallest absolute Gasteiger partial charge is 0.255 e. The highest BCUT2D eigenvalue weighted by molar-refractivity contribution is 6.04. The lowest BCUT2D eigenvalue weighted by molar-refractivity contribution is 0.0960. The largest absolute Gasteiger partial charge is 0.491 e. The molecule has 1 atom stereocenters. The molecule has 2 amide bonds. The zero-order chi connectivity index (χ0) is 21.0. The summed E-state index contributed by atoms with van der Waals surface area (Å²) in [6, 6.07) is 9.21. The van der Waals surface area contributed by atoms with Gasteiger partial charge >= 0.3 is 0 Å². The average molecular weight is 396 g/mol. The molecule has 1 unspecified atom stereocenters. The van der Waals surface area contributed by atoms with E-state index in [1.54, 1.807) is 25.2 Å². The number of nitrogens with one attached hydrogen (secondary N) is 2. The van der Waals surface area contributed by atoms with Crippen LogP contribution < -0.4 is 21.1 Å². The molecule has 1 aliphatic rings. The van der Waals surface area contributed by atoms with Crippen molar-refractivity contribution in [2.75, 3.05) is 20.7 Å². The van der Waals surface area contributed by atoms with Gasteiger partial charge < -0.3 is 21.1 Å². The van der Waals surface area contributed by atoms with Gasteiger partial charge in [-0.1, -0.05) is 12.1 Å². The van der Waals surface area contributed by atoms with Crippen LogP contribution in [0.15, 0.2) is 53.3 Å². The minimum Gasteiger partial charge on any atom is -0.491 e. The van der Waals surface area contributed by atoms with Gasteiger partial charge in [-0.05, 0) is 29.8 Å².